The maximum atomic E-state index is 12.5. The van der Waals surface area contributed by atoms with Crippen molar-refractivity contribution in [1.29, 1.82) is 0 Å². The van der Waals surface area contributed by atoms with Crippen LogP contribution in [0.2, 0.25) is 0 Å². The third-order valence-electron chi connectivity index (χ3n) is 3.17. The van der Waals surface area contributed by atoms with E-state index in [0.29, 0.717) is 24.6 Å². The van der Waals surface area contributed by atoms with Crippen LogP contribution < -0.4 is 0 Å². The average molecular weight is 295 g/mol. The Morgan fingerprint density at radius 1 is 1.55 bits per heavy atom. The molecule has 0 aliphatic carbocycles. The van der Waals surface area contributed by atoms with Gasteiger partial charge in [0.2, 0.25) is 0 Å². The summed E-state index contributed by atoms with van der Waals surface area (Å²) in [6.45, 7) is 5.55. The molecule has 1 N–H and O–H groups in total. The number of thiophene rings is 1. The number of rotatable bonds is 3. The number of ether oxygens (including phenoxy) is 1. The first-order valence-electron chi connectivity index (χ1n) is 6.39. The van der Waals surface area contributed by atoms with Crippen molar-refractivity contribution in [3.8, 4) is 0 Å². The first-order valence-corrected chi connectivity index (χ1v) is 7.21. The van der Waals surface area contributed by atoms with Gasteiger partial charge in [-0.05, 0) is 31.6 Å². The molecule has 0 aromatic carbocycles. The predicted molar refractivity (Wildman–Crippen MR) is 77.0 cm³/mol. The Hall–Kier alpha value is -1.66. The highest BCUT2D eigenvalue weighted by Crippen LogP contribution is 2.25. The van der Waals surface area contributed by atoms with E-state index >= 15 is 0 Å². The highest BCUT2D eigenvalue weighted by Gasteiger charge is 2.26. The summed E-state index contributed by atoms with van der Waals surface area (Å²) >= 11 is 1.32. The number of morpholine rings is 1. The minimum atomic E-state index is -0.993. The van der Waals surface area contributed by atoms with Gasteiger partial charge >= 0.3 is 5.97 Å². The SMILES string of the molecule is Cc1cc(C(=O)N2CCOCC2C)sc1/C=C/C(=O)O. The van der Waals surface area contributed by atoms with E-state index < -0.39 is 5.97 Å². The fourth-order valence-corrected chi connectivity index (χ4v) is 3.12. The smallest absolute Gasteiger partial charge is 0.328 e. The van der Waals surface area contributed by atoms with Gasteiger partial charge in [0.25, 0.3) is 5.91 Å². The lowest BCUT2D eigenvalue weighted by atomic mass is 10.2. The molecule has 1 aliphatic rings. The molecule has 1 fully saturated rings. The van der Waals surface area contributed by atoms with Crippen LogP contribution >= 0.6 is 11.3 Å². The zero-order valence-electron chi connectivity index (χ0n) is 11.5. The van der Waals surface area contributed by atoms with Crippen LogP contribution in [-0.4, -0.2) is 47.7 Å². The number of amides is 1. The summed E-state index contributed by atoms with van der Waals surface area (Å²) in [5, 5.41) is 8.65. The van der Waals surface area contributed by atoms with Crippen LogP contribution in [0, 0.1) is 6.92 Å². The minimum Gasteiger partial charge on any atom is -0.478 e. The van der Waals surface area contributed by atoms with Crippen molar-refractivity contribution >= 4 is 29.3 Å². The lowest BCUT2D eigenvalue weighted by Crippen LogP contribution is -2.46. The monoisotopic (exact) mass is 295 g/mol. The first-order chi connectivity index (χ1) is 9.49. The Balaban J connectivity index is 2.18. The van der Waals surface area contributed by atoms with Crippen LogP contribution in [0.25, 0.3) is 6.08 Å². The quantitative estimate of drug-likeness (QED) is 0.866. The molecule has 0 spiro atoms. The Labute approximate surface area is 121 Å². The Bertz CT molecular complexity index is 549. The van der Waals surface area contributed by atoms with Gasteiger partial charge in [-0.1, -0.05) is 0 Å². The molecule has 1 aromatic rings. The third-order valence-corrected chi connectivity index (χ3v) is 4.36. The molecule has 1 amide bonds. The number of hydrogen-bond donors (Lipinski definition) is 1. The summed E-state index contributed by atoms with van der Waals surface area (Å²) in [6, 6.07) is 1.88. The molecule has 20 heavy (non-hydrogen) atoms. The van der Waals surface area contributed by atoms with E-state index in [1.54, 1.807) is 4.90 Å². The summed E-state index contributed by atoms with van der Waals surface area (Å²) in [7, 11) is 0. The second-order valence-electron chi connectivity index (χ2n) is 4.75. The van der Waals surface area contributed by atoms with E-state index in [0.717, 1.165) is 16.5 Å². The summed E-state index contributed by atoms with van der Waals surface area (Å²) in [4.78, 5) is 26.2. The number of carboxylic acids is 1. The number of carboxylic acid groups (broad SMARTS) is 1. The molecule has 108 valence electrons. The zero-order chi connectivity index (χ0) is 14.7. The van der Waals surface area contributed by atoms with E-state index in [4.69, 9.17) is 9.84 Å². The number of nitrogens with zero attached hydrogens (tertiary/aromatic N) is 1. The van der Waals surface area contributed by atoms with Crippen LogP contribution in [0.15, 0.2) is 12.1 Å². The molecule has 6 heteroatoms. The van der Waals surface area contributed by atoms with E-state index in [1.807, 2.05) is 19.9 Å². The molecule has 1 unspecified atom stereocenters. The molecule has 0 bridgehead atoms. The van der Waals surface area contributed by atoms with Gasteiger partial charge in [-0.25, -0.2) is 4.79 Å². The fourth-order valence-electron chi connectivity index (χ4n) is 2.08. The number of hydrogen-bond acceptors (Lipinski definition) is 4. The van der Waals surface area contributed by atoms with Gasteiger partial charge in [0.05, 0.1) is 24.1 Å². The molecule has 1 aromatic heterocycles. The van der Waals surface area contributed by atoms with E-state index in [-0.39, 0.29) is 11.9 Å². The molecular formula is C14H17NO4S. The van der Waals surface area contributed by atoms with Crippen molar-refractivity contribution in [1.82, 2.24) is 4.90 Å². The maximum absolute atomic E-state index is 12.5. The van der Waals surface area contributed by atoms with Crippen molar-refractivity contribution in [2.75, 3.05) is 19.8 Å². The molecule has 5 nitrogen and oxygen atoms in total. The number of aryl methyl sites for hydroxylation is 1. The van der Waals surface area contributed by atoms with E-state index in [2.05, 4.69) is 0 Å². The highest BCUT2D eigenvalue weighted by molar-refractivity contribution is 7.15. The van der Waals surface area contributed by atoms with Gasteiger partial charge in [0, 0.05) is 17.5 Å². The lowest BCUT2D eigenvalue weighted by Gasteiger charge is -2.32. The minimum absolute atomic E-state index is 0.0103. The van der Waals surface area contributed by atoms with Crippen LogP contribution in [0.3, 0.4) is 0 Å². The lowest BCUT2D eigenvalue weighted by molar-refractivity contribution is -0.131. The predicted octanol–water partition coefficient (Wildman–Crippen LogP) is 2.02. The number of carbonyl (C=O) groups is 2. The standard InChI is InChI=1S/C14H17NO4S/c1-9-7-12(20-11(9)3-4-13(16)17)14(18)15-5-6-19-8-10(15)2/h3-4,7,10H,5-6,8H2,1-2H3,(H,16,17)/b4-3+. The van der Waals surface area contributed by atoms with Crippen molar-refractivity contribution in [2.45, 2.75) is 19.9 Å². The van der Waals surface area contributed by atoms with Gasteiger partial charge in [0.15, 0.2) is 0 Å². The number of carbonyl (C=O) groups excluding carboxylic acids is 1. The van der Waals surface area contributed by atoms with Crippen molar-refractivity contribution < 1.29 is 19.4 Å². The van der Waals surface area contributed by atoms with Crippen LogP contribution in [-0.2, 0) is 9.53 Å². The summed E-state index contributed by atoms with van der Waals surface area (Å²) in [5.41, 5.74) is 0.914. The number of aliphatic carboxylic acids is 1. The normalized spacial score (nSPS) is 19.5. The molecule has 1 aliphatic heterocycles. The summed E-state index contributed by atoms with van der Waals surface area (Å²) in [6.07, 6.45) is 2.62. The zero-order valence-corrected chi connectivity index (χ0v) is 12.3. The first kappa shape index (κ1) is 14.7. The summed E-state index contributed by atoms with van der Waals surface area (Å²) in [5.74, 6) is -1.00. The van der Waals surface area contributed by atoms with Gasteiger partial charge in [0.1, 0.15) is 0 Å². The average Bonchev–Trinajstić information content (AvgIpc) is 2.77. The fraction of sp³-hybridized carbons (Fsp3) is 0.429. The maximum Gasteiger partial charge on any atom is 0.328 e. The second-order valence-corrected chi connectivity index (χ2v) is 5.84. The van der Waals surface area contributed by atoms with Gasteiger partial charge in [-0.2, -0.15) is 0 Å². The van der Waals surface area contributed by atoms with Crippen molar-refractivity contribution in [3.05, 3.63) is 27.5 Å². The topological polar surface area (TPSA) is 66.8 Å². The van der Waals surface area contributed by atoms with Crippen LogP contribution in [0.4, 0.5) is 0 Å². The van der Waals surface area contributed by atoms with Gasteiger partial charge in [-0.3, -0.25) is 4.79 Å². The molecule has 1 saturated heterocycles. The third kappa shape index (κ3) is 3.26. The molecule has 0 saturated carbocycles. The molecule has 1 atom stereocenters. The Morgan fingerprint density at radius 2 is 2.30 bits per heavy atom. The van der Waals surface area contributed by atoms with E-state index in [9.17, 15) is 9.59 Å². The largest absolute Gasteiger partial charge is 0.478 e. The van der Waals surface area contributed by atoms with Crippen molar-refractivity contribution in [3.63, 3.8) is 0 Å². The Morgan fingerprint density at radius 3 is 2.95 bits per heavy atom. The molecule has 2 heterocycles. The van der Waals surface area contributed by atoms with Crippen molar-refractivity contribution in [2.24, 2.45) is 0 Å². The summed E-state index contributed by atoms with van der Waals surface area (Å²) < 4.78 is 5.32. The van der Waals surface area contributed by atoms with E-state index in [1.165, 1.54) is 17.4 Å². The molecular weight excluding hydrogens is 278 g/mol. The van der Waals surface area contributed by atoms with Crippen LogP contribution in [0.1, 0.15) is 27.0 Å². The second kappa shape index (κ2) is 6.19. The molecule has 2 rings (SSSR count). The van der Waals surface area contributed by atoms with Crippen LogP contribution in [0.5, 0.6) is 0 Å². The van der Waals surface area contributed by atoms with Gasteiger partial charge < -0.3 is 14.7 Å². The Kier molecular flexibility index (Phi) is 4.57. The highest BCUT2D eigenvalue weighted by atomic mass is 32.1. The molecule has 0 radical (unpaired) electrons. The van der Waals surface area contributed by atoms with Gasteiger partial charge in [-0.15, -0.1) is 11.3 Å².